The van der Waals surface area contributed by atoms with Gasteiger partial charge in [0.15, 0.2) is 0 Å². The van der Waals surface area contributed by atoms with Gasteiger partial charge in [-0.1, -0.05) is 35.9 Å². The van der Waals surface area contributed by atoms with Gasteiger partial charge in [0.05, 0.1) is 11.4 Å². The Morgan fingerprint density at radius 2 is 1.78 bits per heavy atom. The van der Waals surface area contributed by atoms with E-state index in [1.807, 2.05) is 0 Å². The minimum atomic E-state index is -3.73. The number of benzene rings is 2. The fraction of sp³-hybridized carbons (Fsp3) is 0.188. The van der Waals surface area contributed by atoms with Gasteiger partial charge in [0.2, 0.25) is 15.9 Å². The van der Waals surface area contributed by atoms with E-state index in [0.717, 1.165) is 5.56 Å². The van der Waals surface area contributed by atoms with Crippen molar-refractivity contribution in [1.29, 1.82) is 0 Å². The van der Waals surface area contributed by atoms with Gasteiger partial charge in [-0.15, -0.1) is 0 Å². The van der Waals surface area contributed by atoms with Crippen LogP contribution in [0.15, 0.2) is 47.4 Å². The zero-order valence-electron chi connectivity index (χ0n) is 12.8. The van der Waals surface area contributed by atoms with Gasteiger partial charge in [0.1, 0.15) is 0 Å². The number of halogens is 1. The molecule has 23 heavy (non-hydrogen) atoms. The summed E-state index contributed by atoms with van der Waals surface area (Å²) in [5, 5.41) is 3.17. The molecule has 2 aromatic rings. The highest BCUT2D eigenvalue weighted by atomic mass is 35.5. The monoisotopic (exact) mass is 352 g/mol. The van der Waals surface area contributed by atoms with Gasteiger partial charge in [0.25, 0.3) is 0 Å². The molecule has 0 aromatic heterocycles. The standard InChI is InChI=1S/C16H17ClN2O3S/c1-11-6-3-4-9-15(11)23(21,22)18-10-16(20)19-14-8-5-7-13(17)12(14)2/h3-9,18H,10H2,1-2H3,(H,19,20). The van der Waals surface area contributed by atoms with E-state index in [1.165, 1.54) is 6.07 Å². The summed E-state index contributed by atoms with van der Waals surface area (Å²) in [7, 11) is -3.73. The molecule has 0 spiro atoms. The van der Waals surface area contributed by atoms with Crippen LogP contribution in [0.25, 0.3) is 0 Å². The van der Waals surface area contributed by atoms with E-state index in [-0.39, 0.29) is 11.4 Å². The van der Waals surface area contributed by atoms with Crippen molar-refractivity contribution in [1.82, 2.24) is 4.72 Å². The van der Waals surface area contributed by atoms with Crippen LogP contribution in [-0.2, 0) is 14.8 Å². The minimum absolute atomic E-state index is 0.159. The van der Waals surface area contributed by atoms with E-state index in [1.54, 1.807) is 50.2 Å². The summed E-state index contributed by atoms with van der Waals surface area (Å²) in [6.07, 6.45) is 0. The topological polar surface area (TPSA) is 75.3 Å². The maximum atomic E-state index is 12.2. The van der Waals surface area contributed by atoms with Crippen molar-refractivity contribution in [3.8, 4) is 0 Å². The molecular weight excluding hydrogens is 336 g/mol. The highest BCUT2D eigenvalue weighted by molar-refractivity contribution is 7.89. The number of nitrogens with one attached hydrogen (secondary N) is 2. The van der Waals surface area contributed by atoms with Crippen LogP contribution < -0.4 is 10.0 Å². The summed E-state index contributed by atoms with van der Waals surface area (Å²) in [5.74, 6) is -0.465. The number of rotatable bonds is 5. The fourth-order valence-corrected chi connectivity index (χ4v) is 3.43. The lowest BCUT2D eigenvalue weighted by Gasteiger charge is -2.11. The Labute approximate surface area is 140 Å². The molecule has 0 bridgehead atoms. The summed E-state index contributed by atoms with van der Waals surface area (Å²) in [4.78, 5) is 12.1. The predicted molar refractivity (Wildman–Crippen MR) is 91.2 cm³/mol. The molecule has 1 amide bonds. The van der Waals surface area contributed by atoms with Gasteiger partial charge in [-0.25, -0.2) is 13.1 Å². The SMILES string of the molecule is Cc1ccccc1S(=O)(=O)NCC(=O)Nc1cccc(Cl)c1C. The molecule has 0 saturated heterocycles. The van der Waals surface area contributed by atoms with E-state index in [0.29, 0.717) is 16.3 Å². The molecule has 0 aliphatic rings. The molecule has 122 valence electrons. The van der Waals surface area contributed by atoms with Gasteiger partial charge in [-0.2, -0.15) is 0 Å². The average molecular weight is 353 g/mol. The van der Waals surface area contributed by atoms with Crippen LogP contribution in [-0.4, -0.2) is 20.9 Å². The van der Waals surface area contributed by atoms with Crippen molar-refractivity contribution < 1.29 is 13.2 Å². The second kappa shape index (κ2) is 7.12. The zero-order chi connectivity index (χ0) is 17.0. The molecule has 0 saturated carbocycles. The predicted octanol–water partition coefficient (Wildman–Crippen LogP) is 2.87. The number of hydrogen-bond acceptors (Lipinski definition) is 3. The van der Waals surface area contributed by atoms with Crippen LogP contribution in [0.1, 0.15) is 11.1 Å². The minimum Gasteiger partial charge on any atom is -0.325 e. The Balaban J connectivity index is 2.04. The van der Waals surface area contributed by atoms with Crippen molar-refractivity contribution in [3.63, 3.8) is 0 Å². The Bertz CT molecular complexity index is 835. The molecule has 2 rings (SSSR count). The van der Waals surface area contributed by atoms with Crippen LogP contribution in [0, 0.1) is 13.8 Å². The van der Waals surface area contributed by atoms with Crippen LogP contribution in [0.5, 0.6) is 0 Å². The third kappa shape index (κ3) is 4.31. The van der Waals surface area contributed by atoms with Gasteiger partial charge < -0.3 is 5.32 Å². The molecule has 0 radical (unpaired) electrons. The van der Waals surface area contributed by atoms with Crippen molar-refractivity contribution in [2.45, 2.75) is 18.7 Å². The first-order chi connectivity index (χ1) is 10.8. The summed E-state index contributed by atoms with van der Waals surface area (Å²) >= 11 is 5.98. The van der Waals surface area contributed by atoms with Crippen molar-refractivity contribution in [2.24, 2.45) is 0 Å². The van der Waals surface area contributed by atoms with Crippen LogP contribution >= 0.6 is 11.6 Å². The summed E-state index contributed by atoms with van der Waals surface area (Å²) in [6.45, 7) is 3.11. The molecule has 0 unspecified atom stereocenters. The number of carbonyl (C=O) groups is 1. The second-order valence-corrected chi connectivity index (χ2v) is 7.19. The number of carbonyl (C=O) groups excluding carboxylic acids is 1. The summed E-state index contributed by atoms with van der Waals surface area (Å²) in [6, 6.07) is 11.7. The average Bonchev–Trinajstić information content (AvgIpc) is 2.50. The van der Waals surface area contributed by atoms with Crippen LogP contribution in [0.3, 0.4) is 0 Å². The van der Waals surface area contributed by atoms with E-state index in [9.17, 15) is 13.2 Å². The smallest absolute Gasteiger partial charge is 0.241 e. The Morgan fingerprint density at radius 1 is 1.09 bits per heavy atom. The normalized spacial score (nSPS) is 11.3. The van der Waals surface area contributed by atoms with Crippen molar-refractivity contribution >= 4 is 33.2 Å². The quantitative estimate of drug-likeness (QED) is 0.868. The largest absolute Gasteiger partial charge is 0.325 e. The highest BCUT2D eigenvalue weighted by Crippen LogP contribution is 2.22. The lowest BCUT2D eigenvalue weighted by molar-refractivity contribution is -0.115. The first kappa shape index (κ1) is 17.5. The summed E-state index contributed by atoms with van der Waals surface area (Å²) < 4.78 is 26.7. The molecule has 2 aromatic carbocycles. The highest BCUT2D eigenvalue weighted by Gasteiger charge is 2.17. The van der Waals surface area contributed by atoms with E-state index in [4.69, 9.17) is 11.6 Å². The van der Waals surface area contributed by atoms with E-state index in [2.05, 4.69) is 10.0 Å². The number of sulfonamides is 1. The maximum absolute atomic E-state index is 12.2. The molecule has 2 N–H and O–H groups in total. The second-order valence-electron chi connectivity index (χ2n) is 5.05. The van der Waals surface area contributed by atoms with Gasteiger partial charge in [-0.3, -0.25) is 4.79 Å². The van der Waals surface area contributed by atoms with Crippen molar-refractivity contribution in [2.75, 3.05) is 11.9 Å². The van der Waals surface area contributed by atoms with Crippen LogP contribution in [0.2, 0.25) is 5.02 Å². The van der Waals surface area contributed by atoms with Gasteiger partial charge in [-0.05, 0) is 43.2 Å². The first-order valence-electron chi connectivity index (χ1n) is 6.91. The lowest BCUT2D eigenvalue weighted by Crippen LogP contribution is -2.33. The Morgan fingerprint density at radius 3 is 2.48 bits per heavy atom. The molecule has 0 heterocycles. The van der Waals surface area contributed by atoms with E-state index >= 15 is 0 Å². The Hall–Kier alpha value is -1.89. The molecule has 5 nitrogen and oxygen atoms in total. The van der Waals surface area contributed by atoms with Gasteiger partial charge in [0, 0.05) is 10.7 Å². The fourth-order valence-electron chi connectivity index (χ4n) is 2.03. The molecular formula is C16H17ClN2O3S. The third-order valence-electron chi connectivity index (χ3n) is 3.35. The summed E-state index contributed by atoms with van der Waals surface area (Å²) in [5.41, 5.74) is 1.90. The molecule has 0 fully saturated rings. The number of hydrogen-bond donors (Lipinski definition) is 2. The molecule has 0 aliphatic heterocycles. The zero-order valence-corrected chi connectivity index (χ0v) is 14.3. The van der Waals surface area contributed by atoms with Crippen LogP contribution in [0.4, 0.5) is 5.69 Å². The van der Waals surface area contributed by atoms with Gasteiger partial charge >= 0.3 is 0 Å². The number of amides is 1. The third-order valence-corrected chi connectivity index (χ3v) is 5.32. The number of anilines is 1. The maximum Gasteiger partial charge on any atom is 0.241 e. The lowest BCUT2D eigenvalue weighted by atomic mass is 10.2. The van der Waals surface area contributed by atoms with Crippen molar-refractivity contribution in [3.05, 3.63) is 58.6 Å². The Kier molecular flexibility index (Phi) is 5.41. The molecule has 0 aliphatic carbocycles. The van der Waals surface area contributed by atoms with E-state index < -0.39 is 15.9 Å². The number of aryl methyl sites for hydroxylation is 1. The first-order valence-corrected chi connectivity index (χ1v) is 8.77. The molecule has 7 heteroatoms. The molecule has 0 atom stereocenters.